The smallest absolute Gasteiger partial charge is 0.416 e. The molecule has 272 valence electrons. The summed E-state index contributed by atoms with van der Waals surface area (Å²) in [6, 6.07) is 5.70. The number of methoxy groups -OCH3 is 1. The Bertz CT molecular complexity index is 1620. The third kappa shape index (κ3) is 9.47. The molecule has 1 aliphatic rings. The molecule has 0 unspecified atom stereocenters. The molecule has 3 aromatic rings. The summed E-state index contributed by atoms with van der Waals surface area (Å²) in [4.78, 5) is 35.2. The Labute approximate surface area is 285 Å². The summed E-state index contributed by atoms with van der Waals surface area (Å²) in [6.45, 7) is 5.61. The SMILES string of the molecule is CCOC(=O)CCCOc1cnc(N[C@H]2C[C@@H](CC)N(C(=O)OCC)c3ccc(OC)cc32)nc1Cc1cc(C(F)(F)F)cc(C(F)(F)F)c1. The lowest BCUT2D eigenvalue weighted by molar-refractivity contribution is -0.144. The van der Waals surface area contributed by atoms with E-state index in [2.05, 4.69) is 15.3 Å². The number of carbonyl (C=O) groups excluding carboxylic acids is 2. The van der Waals surface area contributed by atoms with E-state index < -0.39 is 48.0 Å². The maximum Gasteiger partial charge on any atom is 0.416 e. The number of hydrogen-bond acceptors (Lipinski definition) is 9. The molecule has 0 saturated heterocycles. The first-order valence-electron chi connectivity index (χ1n) is 16.0. The third-order valence-electron chi connectivity index (χ3n) is 7.92. The number of aromatic nitrogens is 2. The number of ether oxygens (including phenoxy) is 4. The fourth-order valence-electron chi connectivity index (χ4n) is 5.61. The highest BCUT2D eigenvalue weighted by atomic mass is 19.4. The number of nitrogens with one attached hydrogen (secondary N) is 1. The largest absolute Gasteiger partial charge is 0.497 e. The number of halogens is 6. The Morgan fingerprint density at radius 2 is 1.64 bits per heavy atom. The van der Waals surface area contributed by atoms with Gasteiger partial charge in [0.2, 0.25) is 5.95 Å². The molecule has 1 N–H and O–H groups in total. The van der Waals surface area contributed by atoms with Crippen molar-refractivity contribution < 1.29 is 54.9 Å². The molecule has 0 bridgehead atoms. The molecular formula is C34H38F6N4O6. The van der Waals surface area contributed by atoms with Crippen LogP contribution in [-0.2, 0) is 33.0 Å². The molecule has 2 heterocycles. The second-order valence-electron chi connectivity index (χ2n) is 11.3. The highest BCUT2D eigenvalue weighted by Gasteiger charge is 2.38. The van der Waals surface area contributed by atoms with Gasteiger partial charge in [-0.15, -0.1) is 0 Å². The molecular weight excluding hydrogens is 674 g/mol. The lowest BCUT2D eigenvalue weighted by Crippen LogP contribution is -2.46. The number of esters is 1. The van der Waals surface area contributed by atoms with Crippen molar-refractivity contribution in [2.24, 2.45) is 0 Å². The number of rotatable bonds is 13. The number of benzene rings is 2. The van der Waals surface area contributed by atoms with Crippen molar-refractivity contribution in [2.75, 3.05) is 37.1 Å². The first kappa shape index (κ1) is 38.0. The van der Waals surface area contributed by atoms with Gasteiger partial charge in [0.1, 0.15) is 5.75 Å². The van der Waals surface area contributed by atoms with Crippen molar-refractivity contribution >= 4 is 23.7 Å². The van der Waals surface area contributed by atoms with Crippen molar-refractivity contribution in [3.8, 4) is 11.5 Å². The summed E-state index contributed by atoms with van der Waals surface area (Å²) in [5.41, 5.74) is -2.01. The predicted octanol–water partition coefficient (Wildman–Crippen LogP) is 8.13. The number of alkyl halides is 6. The summed E-state index contributed by atoms with van der Waals surface area (Å²) in [5, 5.41) is 3.23. The Morgan fingerprint density at radius 3 is 2.24 bits per heavy atom. The molecule has 2 atom stereocenters. The van der Waals surface area contributed by atoms with Gasteiger partial charge in [-0.2, -0.15) is 26.3 Å². The lowest BCUT2D eigenvalue weighted by atomic mass is 9.90. The molecule has 0 saturated carbocycles. The number of nitrogens with zero attached hydrogens (tertiary/aromatic N) is 3. The van der Waals surface area contributed by atoms with Gasteiger partial charge in [-0.25, -0.2) is 14.8 Å². The molecule has 10 nitrogen and oxygen atoms in total. The van der Waals surface area contributed by atoms with Crippen LogP contribution in [0.4, 0.5) is 42.8 Å². The first-order valence-corrected chi connectivity index (χ1v) is 16.0. The van der Waals surface area contributed by atoms with Gasteiger partial charge in [-0.05, 0) is 75.1 Å². The summed E-state index contributed by atoms with van der Waals surface area (Å²) < 4.78 is 103. The number of hydrogen-bond donors (Lipinski definition) is 1. The van der Waals surface area contributed by atoms with Crippen molar-refractivity contribution in [1.82, 2.24) is 9.97 Å². The van der Waals surface area contributed by atoms with Crippen molar-refractivity contribution in [2.45, 2.75) is 77.3 Å². The summed E-state index contributed by atoms with van der Waals surface area (Å²) in [6.07, 6.45) is -8.62. The summed E-state index contributed by atoms with van der Waals surface area (Å²) in [7, 11) is 1.49. The van der Waals surface area contributed by atoms with Crippen LogP contribution in [0.3, 0.4) is 0 Å². The molecule has 0 spiro atoms. The molecule has 2 aromatic carbocycles. The number of carbonyl (C=O) groups is 2. The maximum absolute atomic E-state index is 13.7. The third-order valence-corrected chi connectivity index (χ3v) is 7.92. The van der Waals surface area contributed by atoms with E-state index in [0.717, 1.165) is 0 Å². The van der Waals surface area contributed by atoms with Gasteiger partial charge in [0, 0.05) is 24.4 Å². The van der Waals surface area contributed by atoms with E-state index in [9.17, 15) is 35.9 Å². The number of anilines is 2. The van der Waals surface area contributed by atoms with Gasteiger partial charge >= 0.3 is 24.4 Å². The van der Waals surface area contributed by atoms with Crippen LogP contribution >= 0.6 is 0 Å². The average Bonchev–Trinajstić information content (AvgIpc) is 3.06. The maximum atomic E-state index is 13.7. The van der Waals surface area contributed by atoms with Crippen LogP contribution in [0.15, 0.2) is 42.6 Å². The van der Waals surface area contributed by atoms with Gasteiger partial charge in [0.15, 0.2) is 5.75 Å². The van der Waals surface area contributed by atoms with Crippen LogP contribution in [0.25, 0.3) is 0 Å². The average molecular weight is 713 g/mol. The highest BCUT2D eigenvalue weighted by Crippen LogP contribution is 2.42. The van der Waals surface area contributed by atoms with E-state index in [4.69, 9.17) is 18.9 Å². The fraction of sp³-hybridized carbons (Fsp3) is 0.471. The Hall–Kier alpha value is -4.76. The second kappa shape index (κ2) is 16.3. The van der Waals surface area contributed by atoms with Crippen LogP contribution in [0.5, 0.6) is 11.5 Å². The van der Waals surface area contributed by atoms with Gasteiger partial charge < -0.3 is 24.3 Å². The van der Waals surface area contributed by atoms with E-state index in [1.54, 1.807) is 36.9 Å². The lowest BCUT2D eigenvalue weighted by Gasteiger charge is -2.40. The minimum atomic E-state index is -5.04. The fourth-order valence-corrected chi connectivity index (χ4v) is 5.61. The van der Waals surface area contributed by atoms with E-state index >= 15 is 0 Å². The molecule has 1 amide bonds. The number of fused-ring (bicyclic) bond motifs is 1. The first-order chi connectivity index (χ1) is 23.7. The molecule has 0 aliphatic carbocycles. The molecule has 4 rings (SSSR count). The Morgan fingerprint density at radius 1 is 0.960 bits per heavy atom. The molecule has 0 radical (unpaired) electrons. The van der Waals surface area contributed by atoms with Gasteiger partial charge in [-0.1, -0.05) is 6.92 Å². The van der Waals surface area contributed by atoms with E-state index in [1.807, 2.05) is 6.92 Å². The summed E-state index contributed by atoms with van der Waals surface area (Å²) >= 11 is 0. The quantitative estimate of drug-likeness (QED) is 0.107. The van der Waals surface area contributed by atoms with Crippen LogP contribution in [0, 0.1) is 0 Å². The van der Waals surface area contributed by atoms with E-state index in [1.165, 1.54) is 13.3 Å². The van der Waals surface area contributed by atoms with Crippen LogP contribution in [-0.4, -0.2) is 55.0 Å². The van der Waals surface area contributed by atoms with Crippen molar-refractivity contribution in [3.63, 3.8) is 0 Å². The van der Waals surface area contributed by atoms with Gasteiger partial charge in [0.05, 0.1) is 61.7 Å². The van der Waals surface area contributed by atoms with Crippen molar-refractivity contribution in [3.05, 3.63) is 70.5 Å². The number of amides is 1. The monoisotopic (exact) mass is 712 g/mol. The van der Waals surface area contributed by atoms with Gasteiger partial charge in [0.25, 0.3) is 0 Å². The Balaban J connectivity index is 1.73. The summed E-state index contributed by atoms with van der Waals surface area (Å²) in [5.74, 6) is 0.0793. The molecule has 50 heavy (non-hydrogen) atoms. The highest BCUT2D eigenvalue weighted by molar-refractivity contribution is 5.90. The topological polar surface area (TPSA) is 112 Å². The zero-order valence-corrected chi connectivity index (χ0v) is 27.9. The molecule has 16 heteroatoms. The molecule has 1 aromatic heterocycles. The zero-order valence-electron chi connectivity index (χ0n) is 27.9. The normalized spacial score (nSPS) is 16.0. The Kier molecular flexibility index (Phi) is 12.4. The van der Waals surface area contributed by atoms with Crippen LogP contribution < -0.4 is 19.7 Å². The minimum absolute atomic E-state index is 0.00736. The standard InChI is InChI=1S/C34H38F6N4O6/c1-5-23-17-26(25-18-24(47-4)10-11-28(25)44(23)32(46)49-7-3)42-31-41-19-29(50-12-8-9-30(45)48-6-2)27(43-31)15-20-13-21(33(35,36)37)16-22(14-20)34(38,39)40/h10-11,13-14,16,18-19,23,26H,5-9,12,15,17H2,1-4H3,(H,41,42,43)/t23-,26+/m1/s1. The van der Waals surface area contributed by atoms with Crippen molar-refractivity contribution in [1.29, 1.82) is 0 Å². The van der Waals surface area contributed by atoms with Gasteiger partial charge in [-0.3, -0.25) is 9.69 Å². The predicted molar refractivity (Wildman–Crippen MR) is 170 cm³/mol. The van der Waals surface area contributed by atoms with E-state index in [-0.39, 0.29) is 67.7 Å². The minimum Gasteiger partial charge on any atom is -0.497 e. The van der Waals surface area contributed by atoms with E-state index in [0.29, 0.717) is 42.0 Å². The van der Waals surface area contributed by atoms with Crippen LogP contribution in [0.1, 0.15) is 80.4 Å². The van der Waals surface area contributed by atoms with Crippen LogP contribution in [0.2, 0.25) is 0 Å². The second-order valence-corrected chi connectivity index (χ2v) is 11.3. The zero-order chi connectivity index (χ0) is 36.6. The molecule has 1 aliphatic heterocycles. The molecule has 0 fully saturated rings.